The predicted octanol–water partition coefficient (Wildman–Crippen LogP) is 5.70. The molecule has 1 amide bonds. The van der Waals surface area contributed by atoms with E-state index in [-0.39, 0.29) is 5.91 Å². The molecule has 2 aromatic carbocycles. The van der Waals surface area contributed by atoms with Crippen molar-refractivity contribution in [2.24, 2.45) is 0 Å². The molecule has 0 heterocycles. The van der Waals surface area contributed by atoms with Crippen LogP contribution < -0.4 is 5.32 Å². The molecule has 1 N–H and O–H groups in total. The van der Waals surface area contributed by atoms with E-state index in [1.54, 1.807) is 11.8 Å². The number of carbonyl (C=O) groups is 1. The lowest BCUT2D eigenvalue weighted by Crippen LogP contribution is -2.20. The predicted molar refractivity (Wildman–Crippen MR) is 120 cm³/mol. The fourth-order valence-electron chi connectivity index (χ4n) is 3.47. The van der Waals surface area contributed by atoms with Crippen molar-refractivity contribution >= 4 is 34.2 Å². The monoisotopic (exact) mass is 415 g/mol. The van der Waals surface area contributed by atoms with Crippen LogP contribution in [0, 0.1) is 6.92 Å². The van der Waals surface area contributed by atoms with Crippen LogP contribution in [0.25, 0.3) is 0 Å². The molecule has 1 aliphatic rings. The molecule has 0 radical (unpaired) electrons. The number of aryl methyl sites for hydroxylation is 1. The number of anilines is 1. The third-order valence-corrected chi connectivity index (χ3v) is 7.91. The summed E-state index contributed by atoms with van der Waals surface area (Å²) >= 11 is 1.69. The van der Waals surface area contributed by atoms with Crippen molar-refractivity contribution in [3.63, 3.8) is 0 Å². The Hall–Kier alpha value is -1.59. The van der Waals surface area contributed by atoms with E-state index in [1.807, 2.05) is 24.3 Å². The zero-order valence-electron chi connectivity index (χ0n) is 16.5. The molecule has 3 nitrogen and oxygen atoms in total. The Kier molecular flexibility index (Phi) is 8.16. The van der Waals surface area contributed by atoms with Gasteiger partial charge in [-0.15, -0.1) is 11.8 Å². The first-order valence-electron chi connectivity index (χ1n) is 10.1. The molecule has 1 aliphatic carbocycles. The van der Waals surface area contributed by atoms with Gasteiger partial charge < -0.3 is 5.32 Å². The Morgan fingerprint density at radius 2 is 1.86 bits per heavy atom. The van der Waals surface area contributed by atoms with Gasteiger partial charge in [0.1, 0.15) is 0 Å². The van der Waals surface area contributed by atoms with Crippen molar-refractivity contribution in [2.45, 2.75) is 61.3 Å². The minimum Gasteiger partial charge on any atom is -0.326 e. The lowest BCUT2D eigenvalue weighted by Gasteiger charge is -2.21. The summed E-state index contributed by atoms with van der Waals surface area (Å²) in [7, 11) is -0.822. The highest BCUT2D eigenvalue weighted by Crippen LogP contribution is 2.24. The van der Waals surface area contributed by atoms with Gasteiger partial charge in [-0.2, -0.15) is 0 Å². The zero-order valence-corrected chi connectivity index (χ0v) is 18.1. The average Bonchev–Trinajstić information content (AvgIpc) is 2.70. The number of hydrogen-bond donors (Lipinski definition) is 1. The van der Waals surface area contributed by atoms with Crippen molar-refractivity contribution < 1.29 is 9.00 Å². The highest BCUT2D eigenvalue weighted by molar-refractivity contribution is 7.99. The SMILES string of the molecule is Cc1ccc(SCCC(=O)Nc2cccc(CS(=O)C3CCCCC3)c2)cc1. The fraction of sp³-hybridized carbons (Fsp3) is 0.435. The van der Waals surface area contributed by atoms with Gasteiger partial charge >= 0.3 is 0 Å². The Morgan fingerprint density at radius 3 is 2.61 bits per heavy atom. The van der Waals surface area contributed by atoms with E-state index >= 15 is 0 Å². The maximum Gasteiger partial charge on any atom is 0.225 e. The van der Waals surface area contributed by atoms with Crippen molar-refractivity contribution in [3.8, 4) is 0 Å². The van der Waals surface area contributed by atoms with Gasteiger partial charge in [0.15, 0.2) is 0 Å². The number of hydrogen-bond acceptors (Lipinski definition) is 3. The van der Waals surface area contributed by atoms with Crippen LogP contribution >= 0.6 is 11.8 Å². The second-order valence-corrected chi connectivity index (χ2v) is 10.3. The number of rotatable bonds is 8. The molecule has 3 rings (SSSR count). The summed E-state index contributed by atoms with van der Waals surface area (Å²) in [6.07, 6.45) is 6.32. The van der Waals surface area contributed by atoms with Crippen LogP contribution in [0.4, 0.5) is 5.69 Å². The second-order valence-electron chi connectivity index (χ2n) is 7.45. The number of thioether (sulfide) groups is 1. The summed E-state index contributed by atoms with van der Waals surface area (Å²) in [5.41, 5.74) is 3.07. The average molecular weight is 416 g/mol. The smallest absolute Gasteiger partial charge is 0.225 e. The molecule has 150 valence electrons. The Balaban J connectivity index is 1.45. The molecule has 0 bridgehead atoms. The third kappa shape index (κ3) is 6.78. The molecule has 0 aliphatic heterocycles. The molecule has 1 unspecified atom stereocenters. The van der Waals surface area contributed by atoms with Crippen LogP contribution in [0.5, 0.6) is 0 Å². The number of carbonyl (C=O) groups excluding carboxylic acids is 1. The van der Waals surface area contributed by atoms with Crippen LogP contribution in [-0.2, 0) is 21.3 Å². The first-order chi connectivity index (χ1) is 13.6. The molecule has 0 spiro atoms. The van der Waals surface area contributed by atoms with E-state index in [0.29, 0.717) is 17.4 Å². The molecule has 1 atom stereocenters. The molecule has 1 saturated carbocycles. The molecular weight excluding hydrogens is 386 g/mol. The summed E-state index contributed by atoms with van der Waals surface area (Å²) in [5, 5.41) is 3.32. The van der Waals surface area contributed by atoms with E-state index in [0.717, 1.165) is 29.8 Å². The fourth-order valence-corrected chi connectivity index (χ4v) is 5.92. The first-order valence-corrected chi connectivity index (χ1v) is 12.4. The van der Waals surface area contributed by atoms with Gasteiger partial charge in [0.2, 0.25) is 5.91 Å². The second kappa shape index (κ2) is 10.8. The van der Waals surface area contributed by atoms with Crippen LogP contribution in [0.1, 0.15) is 49.7 Å². The quantitative estimate of drug-likeness (QED) is 0.563. The maximum atomic E-state index is 12.6. The molecule has 1 fully saturated rings. The summed E-state index contributed by atoms with van der Waals surface area (Å²) in [4.78, 5) is 13.4. The topological polar surface area (TPSA) is 46.2 Å². The van der Waals surface area contributed by atoms with E-state index in [2.05, 4.69) is 36.5 Å². The summed E-state index contributed by atoms with van der Waals surface area (Å²) in [6.45, 7) is 2.07. The van der Waals surface area contributed by atoms with Crippen LogP contribution in [0.2, 0.25) is 0 Å². The molecule has 5 heteroatoms. The van der Waals surface area contributed by atoms with Gasteiger partial charge in [0.05, 0.1) is 0 Å². The highest BCUT2D eigenvalue weighted by Gasteiger charge is 2.19. The van der Waals surface area contributed by atoms with Gasteiger partial charge in [0, 0.05) is 44.6 Å². The Bertz CT molecular complexity index is 799. The minimum absolute atomic E-state index is 0.0187. The summed E-state index contributed by atoms with van der Waals surface area (Å²) < 4.78 is 12.6. The van der Waals surface area contributed by atoms with Crippen molar-refractivity contribution in [2.75, 3.05) is 11.1 Å². The third-order valence-electron chi connectivity index (χ3n) is 5.06. The molecule has 0 aromatic heterocycles. The largest absolute Gasteiger partial charge is 0.326 e. The first kappa shape index (κ1) is 21.1. The number of amides is 1. The van der Waals surface area contributed by atoms with Gasteiger partial charge in [0.25, 0.3) is 0 Å². The van der Waals surface area contributed by atoms with E-state index in [1.165, 1.54) is 29.7 Å². The molecule has 28 heavy (non-hydrogen) atoms. The lowest BCUT2D eigenvalue weighted by molar-refractivity contribution is -0.115. The molecule has 0 saturated heterocycles. The highest BCUT2D eigenvalue weighted by atomic mass is 32.2. The molecular formula is C23H29NO2S2. The normalized spacial score (nSPS) is 15.9. The van der Waals surface area contributed by atoms with Gasteiger partial charge in [-0.3, -0.25) is 9.00 Å². The van der Waals surface area contributed by atoms with Crippen molar-refractivity contribution in [1.29, 1.82) is 0 Å². The van der Waals surface area contributed by atoms with Crippen LogP contribution in [0.3, 0.4) is 0 Å². The van der Waals surface area contributed by atoms with Crippen molar-refractivity contribution in [1.82, 2.24) is 0 Å². The van der Waals surface area contributed by atoms with Crippen molar-refractivity contribution in [3.05, 3.63) is 59.7 Å². The number of nitrogens with one attached hydrogen (secondary N) is 1. The van der Waals surface area contributed by atoms with Gasteiger partial charge in [-0.25, -0.2) is 0 Å². The van der Waals surface area contributed by atoms with E-state index in [4.69, 9.17) is 0 Å². The van der Waals surface area contributed by atoms with E-state index in [9.17, 15) is 9.00 Å². The van der Waals surface area contributed by atoms with Gasteiger partial charge in [-0.05, 0) is 49.6 Å². The number of benzene rings is 2. The Morgan fingerprint density at radius 1 is 1.11 bits per heavy atom. The lowest BCUT2D eigenvalue weighted by atomic mass is 10.0. The van der Waals surface area contributed by atoms with Crippen LogP contribution in [-0.4, -0.2) is 21.1 Å². The zero-order chi connectivity index (χ0) is 19.8. The summed E-state index contributed by atoms with van der Waals surface area (Å²) in [6, 6.07) is 16.2. The van der Waals surface area contributed by atoms with Crippen LogP contribution in [0.15, 0.2) is 53.4 Å². The Labute approximate surface area is 175 Å². The van der Waals surface area contributed by atoms with Gasteiger partial charge in [-0.1, -0.05) is 49.1 Å². The minimum atomic E-state index is -0.822. The van der Waals surface area contributed by atoms with E-state index < -0.39 is 10.8 Å². The standard InChI is InChI=1S/C23H29NO2S2/c1-18-10-12-21(13-11-18)27-15-14-23(25)24-20-7-5-6-19(16-20)17-28(26)22-8-3-2-4-9-22/h5-7,10-13,16,22H,2-4,8-9,14-15,17H2,1H3,(H,24,25). The maximum absolute atomic E-state index is 12.6. The summed E-state index contributed by atoms with van der Waals surface area (Å²) in [5.74, 6) is 1.35. The molecule has 2 aromatic rings.